The molecule has 0 bridgehead atoms. The topological polar surface area (TPSA) is 170 Å². The van der Waals surface area contributed by atoms with Gasteiger partial charge >= 0.3 is 5.97 Å². The molecule has 0 unspecified atom stereocenters. The van der Waals surface area contributed by atoms with Gasteiger partial charge in [0.05, 0.1) is 11.0 Å². The molecule has 154 valence electrons. The molecule has 0 heterocycles. The highest BCUT2D eigenvalue weighted by molar-refractivity contribution is 9.10. The van der Waals surface area contributed by atoms with Gasteiger partial charge in [-0.25, -0.2) is 10.6 Å². The van der Waals surface area contributed by atoms with Gasteiger partial charge in [0.25, 0.3) is 5.91 Å². The molecule has 0 aromatic heterocycles. The summed E-state index contributed by atoms with van der Waals surface area (Å²) in [7, 11) is 2.96. The molecular weight excluding hydrogens is 474 g/mol. The smallest absolute Gasteiger partial charge is 0.372 e. The predicted octanol–water partition coefficient (Wildman–Crippen LogP) is 0.971. The number of aliphatic imine (C=N–C) groups is 1. The van der Waals surface area contributed by atoms with Crippen molar-refractivity contribution >= 4 is 60.9 Å². The van der Waals surface area contributed by atoms with Crippen molar-refractivity contribution in [1.29, 1.82) is 0 Å². The molecule has 0 fully saturated rings. The predicted molar refractivity (Wildman–Crippen MR) is 114 cm³/mol. The highest BCUT2D eigenvalue weighted by Crippen LogP contribution is 2.24. The number of benzene rings is 1. The first kappa shape index (κ1) is 24.1. The second kappa shape index (κ2) is 13.3. The number of oxime groups is 1. The Bertz CT molecular complexity index is 748. The number of hydrogen-bond acceptors (Lipinski definition) is 9. The normalized spacial score (nSPS) is 11.9. The highest BCUT2D eigenvalue weighted by atomic mass is 79.9. The minimum Gasteiger partial charge on any atom is -0.507 e. The molecule has 10 nitrogen and oxygen atoms in total. The van der Waals surface area contributed by atoms with Crippen molar-refractivity contribution in [3.8, 4) is 5.75 Å². The number of rotatable bonds is 10. The molecule has 0 radical (unpaired) electrons. The van der Waals surface area contributed by atoms with Crippen LogP contribution in [-0.4, -0.2) is 63.4 Å². The van der Waals surface area contributed by atoms with E-state index in [-0.39, 0.29) is 23.7 Å². The van der Waals surface area contributed by atoms with E-state index in [1.165, 1.54) is 27.7 Å². The van der Waals surface area contributed by atoms with E-state index in [0.717, 1.165) is 0 Å². The number of phenolic OH excluding ortho intramolecular Hbond substituents is 1. The molecule has 1 aromatic rings. The third kappa shape index (κ3) is 8.82. The number of hydrogen-bond donors (Lipinski definition) is 6. The third-order valence-corrected chi connectivity index (χ3v) is 6.13. The molecule has 0 aliphatic carbocycles. The molecule has 0 spiro atoms. The summed E-state index contributed by atoms with van der Waals surface area (Å²) >= 11 is 3.19. The van der Waals surface area contributed by atoms with Crippen molar-refractivity contribution in [3.05, 3.63) is 28.2 Å². The van der Waals surface area contributed by atoms with E-state index in [1.807, 2.05) is 5.43 Å². The molecule has 0 saturated carbocycles. The number of amidine groups is 1. The van der Waals surface area contributed by atoms with Gasteiger partial charge in [0, 0.05) is 24.5 Å². The number of carbonyl (C=O) groups excluding carboxylic acids is 1. The lowest BCUT2D eigenvalue weighted by molar-refractivity contribution is -0.129. The van der Waals surface area contributed by atoms with Crippen LogP contribution >= 0.6 is 37.5 Å². The SMILES string of the molecule is NNC(=NCCSSCCNC(=O)/C(Cc1ccc(O)c(Br)c1)=N/O)C(=O)O. The molecule has 7 N–H and O–H groups in total. The minimum atomic E-state index is -1.22. The molecule has 28 heavy (non-hydrogen) atoms. The van der Waals surface area contributed by atoms with Gasteiger partial charge in [-0.2, -0.15) is 0 Å². The lowest BCUT2D eigenvalue weighted by atomic mass is 10.1. The second-order valence-corrected chi connectivity index (χ2v) is 8.65. The lowest BCUT2D eigenvalue weighted by Gasteiger charge is -2.07. The fourth-order valence-corrected chi connectivity index (χ4v) is 4.00. The largest absolute Gasteiger partial charge is 0.507 e. The summed E-state index contributed by atoms with van der Waals surface area (Å²) in [5, 5.41) is 33.0. The molecular formula is C15H20BrN5O5S2. The summed E-state index contributed by atoms with van der Waals surface area (Å²) in [6, 6.07) is 4.75. The standard InChI is InChI=1S/C15H20BrN5O5S2/c16-10-7-9(1-2-12(10)22)8-11(21-26)14(23)19-4-6-28-27-5-3-18-13(20-17)15(24)25/h1-2,7,22,26H,3-6,8,17H2,(H,18,20)(H,19,23)(H,24,25)/b21-11+. The number of aromatic hydroxyl groups is 1. The summed E-state index contributed by atoms with van der Waals surface area (Å²) in [5.74, 6) is 4.29. The number of nitrogens with one attached hydrogen (secondary N) is 2. The van der Waals surface area contributed by atoms with Crippen LogP contribution in [0.1, 0.15) is 5.56 Å². The first-order chi connectivity index (χ1) is 13.4. The minimum absolute atomic E-state index is 0.0416. The number of halogens is 1. The summed E-state index contributed by atoms with van der Waals surface area (Å²) < 4.78 is 0.484. The van der Waals surface area contributed by atoms with Crippen LogP contribution in [0.2, 0.25) is 0 Å². The maximum Gasteiger partial charge on any atom is 0.372 e. The molecule has 1 rings (SSSR count). The molecule has 13 heteroatoms. The quantitative estimate of drug-likeness (QED) is 0.0528. The molecule has 0 atom stereocenters. The molecule has 1 amide bonds. The van der Waals surface area contributed by atoms with E-state index >= 15 is 0 Å². The number of carboxylic acids is 1. The molecule has 1 aromatic carbocycles. The Labute approximate surface area is 177 Å². The van der Waals surface area contributed by atoms with Crippen molar-refractivity contribution in [2.45, 2.75) is 6.42 Å². The van der Waals surface area contributed by atoms with Crippen LogP contribution in [0.3, 0.4) is 0 Å². The molecule has 0 saturated heterocycles. The van der Waals surface area contributed by atoms with E-state index < -0.39 is 11.9 Å². The first-order valence-electron chi connectivity index (χ1n) is 7.84. The average Bonchev–Trinajstić information content (AvgIpc) is 2.67. The zero-order chi connectivity index (χ0) is 20.9. The number of amides is 1. The van der Waals surface area contributed by atoms with Gasteiger partial charge in [-0.1, -0.05) is 32.8 Å². The summed E-state index contributed by atoms with van der Waals surface area (Å²) in [4.78, 5) is 26.5. The van der Waals surface area contributed by atoms with Crippen LogP contribution in [0.15, 0.2) is 32.8 Å². The van der Waals surface area contributed by atoms with Crippen LogP contribution in [-0.2, 0) is 16.0 Å². The Morgan fingerprint density at radius 1 is 1.25 bits per heavy atom. The van der Waals surface area contributed by atoms with E-state index in [0.29, 0.717) is 34.6 Å². The zero-order valence-corrected chi connectivity index (χ0v) is 17.8. The van der Waals surface area contributed by atoms with E-state index in [2.05, 4.69) is 31.4 Å². The second-order valence-electron chi connectivity index (χ2n) is 5.09. The Hall–Kier alpha value is -1.96. The fraction of sp³-hybridized carbons (Fsp3) is 0.333. The van der Waals surface area contributed by atoms with Gasteiger partial charge in [0.1, 0.15) is 11.5 Å². The van der Waals surface area contributed by atoms with Gasteiger partial charge in [-0.15, -0.1) is 0 Å². The molecule has 0 aliphatic heterocycles. The van der Waals surface area contributed by atoms with Gasteiger partial charge in [0.15, 0.2) is 0 Å². The van der Waals surface area contributed by atoms with Crippen molar-refractivity contribution in [2.75, 3.05) is 24.6 Å². The number of nitrogens with two attached hydrogens (primary N) is 1. The van der Waals surface area contributed by atoms with Crippen LogP contribution in [0.25, 0.3) is 0 Å². The van der Waals surface area contributed by atoms with Gasteiger partial charge in [0.2, 0.25) is 5.84 Å². The van der Waals surface area contributed by atoms with Crippen molar-refractivity contribution in [1.82, 2.24) is 10.7 Å². The Balaban J connectivity index is 2.27. The monoisotopic (exact) mass is 493 g/mol. The van der Waals surface area contributed by atoms with Crippen LogP contribution in [0, 0.1) is 0 Å². The van der Waals surface area contributed by atoms with Crippen molar-refractivity contribution in [2.24, 2.45) is 16.0 Å². The number of hydrazine groups is 1. The summed E-state index contributed by atoms with van der Waals surface area (Å²) in [5.41, 5.74) is 2.66. The van der Waals surface area contributed by atoms with Crippen LogP contribution in [0.5, 0.6) is 5.75 Å². The number of phenols is 1. The van der Waals surface area contributed by atoms with E-state index in [9.17, 15) is 14.7 Å². The number of aliphatic carboxylic acids is 1. The van der Waals surface area contributed by atoms with E-state index in [1.54, 1.807) is 12.1 Å². The summed E-state index contributed by atoms with van der Waals surface area (Å²) in [6.45, 7) is 0.655. The Morgan fingerprint density at radius 3 is 2.57 bits per heavy atom. The van der Waals surface area contributed by atoms with Gasteiger partial charge in [-0.05, 0) is 33.6 Å². The maximum atomic E-state index is 12.1. The Morgan fingerprint density at radius 2 is 1.96 bits per heavy atom. The van der Waals surface area contributed by atoms with Crippen molar-refractivity contribution < 1.29 is 25.0 Å². The molecule has 0 aliphatic rings. The number of carboxylic acid groups (broad SMARTS) is 1. The fourth-order valence-electron chi connectivity index (χ4n) is 1.81. The number of carbonyl (C=O) groups is 2. The third-order valence-electron chi connectivity index (χ3n) is 3.10. The number of nitrogens with zero attached hydrogens (tertiary/aromatic N) is 2. The van der Waals surface area contributed by atoms with Crippen LogP contribution < -0.4 is 16.6 Å². The zero-order valence-electron chi connectivity index (χ0n) is 14.6. The summed E-state index contributed by atoms with van der Waals surface area (Å²) in [6.07, 6.45) is 0.113. The van der Waals surface area contributed by atoms with E-state index in [4.69, 9.17) is 16.2 Å². The van der Waals surface area contributed by atoms with Crippen molar-refractivity contribution in [3.63, 3.8) is 0 Å². The van der Waals surface area contributed by atoms with Gasteiger partial charge in [-0.3, -0.25) is 9.79 Å². The maximum absolute atomic E-state index is 12.1. The Kier molecular flexibility index (Phi) is 11.4. The highest BCUT2D eigenvalue weighted by Gasteiger charge is 2.13. The van der Waals surface area contributed by atoms with Gasteiger partial charge < -0.3 is 26.2 Å². The average molecular weight is 494 g/mol. The lowest BCUT2D eigenvalue weighted by Crippen LogP contribution is -2.36. The van der Waals surface area contributed by atoms with Crippen LogP contribution in [0.4, 0.5) is 0 Å². The first-order valence-corrected chi connectivity index (χ1v) is 11.1.